The monoisotopic (exact) mass is 222 g/mol. The second-order valence-corrected chi connectivity index (χ2v) is 3.64. The molecule has 0 fully saturated rings. The van der Waals surface area contributed by atoms with Gasteiger partial charge in [-0.1, -0.05) is 13.3 Å². The lowest BCUT2D eigenvalue weighted by Crippen LogP contribution is -2.34. The van der Waals surface area contributed by atoms with E-state index in [0.717, 1.165) is 18.5 Å². The Morgan fingerprint density at radius 2 is 2.44 bits per heavy atom. The molecule has 0 aliphatic carbocycles. The number of aromatic nitrogens is 2. The van der Waals surface area contributed by atoms with E-state index in [2.05, 4.69) is 15.3 Å². The van der Waals surface area contributed by atoms with E-state index >= 15 is 0 Å². The van der Waals surface area contributed by atoms with Gasteiger partial charge in [0.25, 0.3) is 0 Å². The quantitative estimate of drug-likeness (QED) is 0.733. The van der Waals surface area contributed by atoms with Gasteiger partial charge in [-0.05, 0) is 12.5 Å². The molecule has 1 atom stereocenters. The van der Waals surface area contributed by atoms with Crippen molar-refractivity contribution in [3.63, 3.8) is 0 Å². The van der Waals surface area contributed by atoms with Gasteiger partial charge in [-0.25, -0.2) is 9.97 Å². The van der Waals surface area contributed by atoms with E-state index in [1.165, 1.54) is 6.33 Å². The Morgan fingerprint density at radius 3 is 3.00 bits per heavy atom. The van der Waals surface area contributed by atoms with Crippen molar-refractivity contribution in [1.82, 2.24) is 15.3 Å². The summed E-state index contributed by atoms with van der Waals surface area (Å²) in [5, 5.41) is 2.83. The molecular weight excluding hydrogens is 204 g/mol. The van der Waals surface area contributed by atoms with Crippen LogP contribution in [0.25, 0.3) is 0 Å². The number of carbonyl (C=O) groups excluding carboxylic acids is 1. The fourth-order valence-electron chi connectivity index (χ4n) is 1.45. The van der Waals surface area contributed by atoms with Gasteiger partial charge in [0.15, 0.2) is 0 Å². The topological polar surface area (TPSA) is 80.9 Å². The minimum Gasteiger partial charge on any atom is -0.350 e. The number of carbonyl (C=O) groups is 1. The second-order valence-electron chi connectivity index (χ2n) is 3.64. The summed E-state index contributed by atoms with van der Waals surface area (Å²) in [6.07, 6.45) is 4.91. The molecule has 88 valence electrons. The van der Waals surface area contributed by atoms with Crippen LogP contribution in [0.2, 0.25) is 0 Å². The van der Waals surface area contributed by atoms with Crippen LogP contribution in [0.15, 0.2) is 18.6 Å². The number of nitrogens with one attached hydrogen (secondary N) is 1. The molecular formula is C11H18N4O. The van der Waals surface area contributed by atoms with Gasteiger partial charge in [0.1, 0.15) is 6.33 Å². The van der Waals surface area contributed by atoms with Gasteiger partial charge in [0.2, 0.25) is 5.91 Å². The van der Waals surface area contributed by atoms with Crippen LogP contribution in [0.5, 0.6) is 0 Å². The zero-order valence-electron chi connectivity index (χ0n) is 9.52. The molecule has 5 nitrogen and oxygen atoms in total. The highest BCUT2D eigenvalue weighted by molar-refractivity contribution is 5.78. The van der Waals surface area contributed by atoms with E-state index in [1.807, 2.05) is 6.92 Å². The molecule has 16 heavy (non-hydrogen) atoms. The molecule has 1 aromatic heterocycles. The van der Waals surface area contributed by atoms with Crippen LogP contribution in [-0.4, -0.2) is 22.4 Å². The Hall–Kier alpha value is -1.49. The first-order valence-corrected chi connectivity index (χ1v) is 5.50. The van der Waals surface area contributed by atoms with E-state index < -0.39 is 0 Å². The maximum absolute atomic E-state index is 11.7. The summed E-state index contributed by atoms with van der Waals surface area (Å²) >= 11 is 0. The number of nitrogens with two attached hydrogens (primary N) is 1. The van der Waals surface area contributed by atoms with E-state index in [4.69, 9.17) is 5.73 Å². The lowest BCUT2D eigenvalue weighted by atomic mass is 10.0. The number of nitrogens with zero attached hydrogens (tertiary/aromatic N) is 2. The molecule has 1 rings (SSSR count). The van der Waals surface area contributed by atoms with Crippen LogP contribution < -0.4 is 11.1 Å². The molecule has 1 aromatic rings. The highest BCUT2D eigenvalue weighted by Crippen LogP contribution is 2.04. The van der Waals surface area contributed by atoms with Gasteiger partial charge in [0, 0.05) is 12.7 Å². The van der Waals surface area contributed by atoms with E-state index in [-0.39, 0.29) is 11.8 Å². The zero-order valence-corrected chi connectivity index (χ0v) is 9.52. The first kappa shape index (κ1) is 12.6. The van der Waals surface area contributed by atoms with Crippen molar-refractivity contribution in [2.75, 3.05) is 6.54 Å². The molecule has 1 amide bonds. The van der Waals surface area contributed by atoms with Crippen molar-refractivity contribution in [3.05, 3.63) is 24.3 Å². The van der Waals surface area contributed by atoms with Crippen LogP contribution in [-0.2, 0) is 11.3 Å². The van der Waals surface area contributed by atoms with Gasteiger partial charge in [-0.3, -0.25) is 4.79 Å². The van der Waals surface area contributed by atoms with Crippen LogP contribution in [0.3, 0.4) is 0 Å². The van der Waals surface area contributed by atoms with Gasteiger partial charge >= 0.3 is 0 Å². The smallest absolute Gasteiger partial charge is 0.224 e. The van der Waals surface area contributed by atoms with Crippen molar-refractivity contribution < 1.29 is 4.79 Å². The van der Waals surface area contributed by atoms with E-state index in [0.29, 0.717) is 13.1 Å². The number of amides is 1. The summed E-state index contributed by atoms with van der Waals surface area (Å²) in [6, 6.07) is 1.78. The first-order valence-electron chi connectivity index (χ1n) is 5.50. The Balaban J connectivity index is 2.40. The van der Waals surface area contributed by atoms with Crippen LogP contribution in [0.4, 0.5) is 0 Å². The van der Waals surface area contributed by atoms with E-state index in [1.54, 1.807) is 12.3 Å². The van der Waals surface area contributed by atoms with Crippen LogP contribution in [0, 0.1) is 5.92 Å². The molecule has 0 saturated heterocycles. The maximum atomic E-state index is 11.7. The fraction of sp³-hybridized carbons (Fsp3) is 0.545. The SMILES string of the molecule is CCCC(CN)C(=O)NCc1ccncn1. The van der Waals surface area contributed by atoms with Crippen molar-refractivity contribution in [2.45, 2.75) is 26.3 Å². The third-order valence-corrected chi connectivity index (χ3v) is 2.38. The minimum absolute atomic E-state index is 0.00274. The summed E-state index contributed by atoms with van der Waals surface area (Å²) in [5.74, 6) is -0.0881. The van der Waals surface area contributed by atoms with Gasteiger partial charge in [-0.15, -0.1) is 0 Å². The van der Waals surface area contributed by atoms with Crippen LogP contribution in [0.1, 0.15) is 25.5 Å². The lowest BCUT2D eigenvalue weighted by Gasteiger charge is -2.13. The maximum Gasteiger partial charge on any atom is 0.224 e. The second kappa shape index (κ2) is 6.90. The first-order chi connectivity index (χ1) is 7.77. The van der Waals surface area contributed by atoms with Gasteiger partial charge in [0.05, 0.1) is 18.2 Å². The molecule has 0 saturated carbocycles. The molecule has 0 radical (unpaired) electrons. The predicted octanol–water partition coefficient (Wildman–Crippen LogP) is 0.468. The third-order valence-electron chi connectivity index (χ3n) is 2.38. The summed E-state index contributed by atoms with van der Waals surface area (Å²) in [4.78, 5) is 19.5. The predicted molar refractivity (Wildman–Crippen MR) is 61.3 cm³/mol. The summed E-state index contributed by atoms with van der Waals surface area (Å²) in [5.41, 5.74) is 6.34. The summed E-state index contributed by atoms with van der Waals surface area (Å²) in [7, 11) is 0. The van der Waals surface area contributed by atoms with Crippen molar-refractivity contribution in [2.24, 2.45) is 11.7 Å². The van der Waals surface area contributed by atoms with Crippen molar-refractivity contribution >= 4 is 5.91 Å². The zero-order chi connectivity index (χ0) is 11.8. The van der Waals surface area contributed by atoms with Crippen molar-refractivity contribution in [1.29, 1.82) is 0 Å². The molecule has 0 spiro atoms. The summed E-state index contributed by atoms with van der Waals surface area (Å²) < 4.78 is 0. The molecule has 3 N–H and O–H groups in total. The van der Waals surface area contributed by atoms with Crippen LogP contribution >= 0.6 is 0 Å². The van der Waals surface area contributed by atoms with Gasteiger partial charge < -0.3 is 11.1 Å². The molecule has 0 aliphatic heterocycles. The molecule has 1 heterocycles. The largest absolute Gasteiger partial charge is 0.350 e. The summed E-state index contributed by atoms with van der Waals surface area (Å²) in [6.45, 7) is 2.87. The molecule has 1 unspecified atom stereocenters. The van der Waals surface area contributed by atoms with E-state index in [9.17, 15) is 4.79 Å². The Morgan fingerprint density at radius 1 is 1.62 bits per heavy atom. The Bertz CT molecular complexity index is 315. The molecule has 5 heteroatoms. The third kappa shape index (κ3) is 3.94. The number of hydrogen-bond acceptors (Lipinski definition) is 4. The Labute approximate surface area is 95.5 Å². The standard InChI is InChI=1S/C11H18N4O/c1-2-3-9(6-12)11(16)14-7-10-4-5-13-8-15-10/h4-5,8-9H,2-3,6-7,12H2,1H3,(H,14,16). The fourth-order valence-corrected chi connectivity index (χ4v) is 1.45. The highest BCUT2D eigenvalue weighted by Gasteiger charge is 2.14. The number of rotatable bonds is 6. The minimum atomic E-state index is -0.0909. The average molecular weight is 222 g/mol. The molecule has 0 aromatic carbocycles. The van der Waals surface area contributed by atoms with Crippen molar-refractivity contribution in [3.8, 4) is 0 Å². The molecule has 0 aliphatic rings. The normalized spacial score (nSPS) is 12.1. The average Bonchev–Trinajstić information content (AvgIpc) is 2.34. The number of hydrogen-bond donors (Lipinski definition) is 2. The lowest BCUT2D eigenvalue weighted by molar-refractivity contribution is -0.125. The molecule has 0 bridgehead atoms. The van der Waals surface area contributed by atoms with Gasteiger partial charge in [-0.2, -0.15) is 0 Å². The highest BCUT2D eigenvalue weighted by atomic mass is 16.1. The Kier molecular flexibility index (Phi) is 5.42.